The van der Waals surface area contributed by atoms with Crippen molar-refractivity contribution >= 4 is 12.1 Å². The van der Waals surface area contributed by atoms with Gasteiger partial charge in [0.1, 0.15) is 12.1 Å². The third-order valence-corrected chi connectivity index (χ3v) is 4.70. The Bertz CT molecular complexity index is 627. The molecule has 1 radical (unpaired) electrons. The Morgan fingerprint density at radius 2 is 1.73 bits per heavy atom. The van der Waals surface area contributed by atoms with Crippen molar-refractivity contribution in [1.29, 1.82) is 0 Å². The predicted octanol–water partition coefficient (Wildman–Crippen LogP) is 2.78. The number of hydrogen-bond acceptors (Lipinski definition) is 4. The number of carboxylic acid groups (broad SMARTS) is 1. The highest BCUT2D eigenvalue weighted by molar-refractivity contribution is 5.80. The number of alkyl carbamates (subject to hydrolysis) is 1. The maximum absolute atomic E-state index is 12.4. The molecule has 1 unspecified atom stereocenters. The number of benzene rings is 1. The van der Waals surface area contributed by atoms with Gasteiger partial charge in [-0.15, -0.1) is 10.3 Å². The van der Waals surface area contributed by atoms with Gasteiger partial charge in [0.2, 0.25) is 0 Å². The number of amides is 1. The zero-order valence-corrected chi connectivity index (χ0v) is 15.7. The average molecular weight is 363 g/mol. The Morgan fingerprint density at radius 3 is 2.23 bits per heavy atom. The number of hydroxylamine groups is 2. The number of aliphatic carboxylic acids is 1. The number of carboxylic acids is 1. The van der Waals surface area contributed by atoms with Gasteiger partial charge in [0.05, 0.1) is 0 Å². The van der Waals surface area contributed by atoms with Crippen LogP contribution in [0.1, 0.15) is 46.1 Å². The molecule has 7 nitrogen and oxygen atoms in total. The quantitative estimate of drug-likeness (QED) is 0.838. The molecule has 1 atom stereocenters. The van der Waals surface area contributed by atoms with E-state index in [4.69, 9.17) is 4.74 Å². The molecule has 0 saturated carbocycles. The minimum atomic E-state index is -1.12. The zero-order valence-electron chi connectivity index (χ0n) is 15.7. The van der Waals surface area contributed by atoms with Crippen molar-refractivity contribution in [2.45, 2.75) is 70.2 Å². The summed E-state index contributed by atoms with van der Waals surface area (Å²) in [5, 5.41) is 25.2. The molecule has 0 aromatic heterocycles. The van der Waals surface area contributed by atoms with Crippen LogP contribution in [0.25, 0.3) is 0 Å². The standard InChI is InChI=1S/C19H27N2O5/c1-18(2)11-14(12-19(3,4)21(18)25)26-17(24)20-15(16(22)23)10-13-8-6-5-7-9-13/h5-9,14-15H,10-12H2,1-4H3,(H,20,24)(H,22,23). The molecule has 143 valence electrons. The molecular weight excluding hydrogens is 336 g/mol. The van der Waals surface area contributed by atoms with Gasteiger partial charge in [-0.05, 0) is 33.3 Å². The third-order valence-electron chi connectivity index (χ3n) is 4.70. The molecule has 1 saturated heterocycles. The van der Waals surface area contributed by atoms with Crippen molar-refractivity contribution in [1.82, 2.24) is 10.4 Å². The van der Waals surface area contributed by atoms with Crippen LogP contribution >= 0.6 is 0 Å². The lowest BCUT2D eigenvalue weighted by atomic mass is 9.80. The monoisotopic (exact) mass is 363 g/mol. The highest BCUT2D eigenvalue weighted by Crippen LogP contribution is 2.38. The molecule has 2 rings (SSSR count). The largest absolute Gasteiger partial charge is 0.480 e. The Morgan fingerprint density at radius 1 is 1.19 bits per heavy atom. The van der Waals surface area contributed by atoms with Crippen LogP contribution in [0.15, 0.2) is 30.3 Å². The van der Waals surface area contributed by atoms with Crippen molar-refractivity contribution < 1.29 is 24.6 Å². The SMILES string of the molecule is CC1(C)CC(OC(=O)NC(Cc2ccccc2)C(=O)O)CC(C)(C)N1[O]. The number of carbonyl (C=O) groups excluding carboxylic acids is 1. The van der Waals surface area contributed by atoms with E-state index < -0.39 is 35.3 Å². The van der Waals surface area contributed by atoms with E-state index in [-0.39, 0.29) is 6.42 Å². The van der Waals surface area contributed by atoms with E-state index in [1.807, 2.05) is 45.9 Å². The Labute approximate surface area is 153 Å². The molecule has 1 aromatic rings. The van der Waals surface area contributed by atoms with E-state index in [9.17, 15) is 19.9 Å². The Hall–Kier alpha value is -2.12. The minimum Gasteiger partial charge on any atom is -0.480 e. The minimum absolute atomic E-state index is 0.168. The first-order valence-corrected chi connectivity index (χ1v) is 8.72. The Balaban J connectivity index is 1.99. The fraction of sp³-hybridized carbons (Fsp3) is 0.579. The maximum Gasteiger partial charge on any atom is 0.408 e. The summed E-state index contributed by atoms with van der Waals surface area (Å²) in [6.45, 7) is 7.24. The summed E-state index contributed by atoms with van der Waals surface area (Å²) in [7, 11) is 0. The summed E-state index contributed by atoms with van der Waals surface area (Å²) in [4.78, 5) is 23.7. The number of hydrogen-bond donors (Lipinski definition) is 2. The first-order valence-electron chi connectivity index (χ1n) is 8.72. The van der Waals surface area contributed by atoms with Crippen molar-refractivity contribution in [3.05, 3.63) is 35.9 Å². The summed E-state index contributed by atoms with van der Waals surface area (Å²) in [5.74, 6) is -1.12. The second kappa shape index (κ2) is 7.63. The molecule has 0 spiro atoms. The van der Waals surface area contributed by atoms with E-state index in [0.29, 0.717) is 12.8 Å². The summed E-state index contributed by atoms with van der Waals surface area (Å²) < 4.78 is 5.45. The number of carbonyl (C=O) groups is 2. The van der Waals surface area contributed by atoms with E-state index in [1.54, 1.807) is 12.1 Å². The number of rotatable bonds is 5. The van der Waals surface area contributed by atoms with Crippen LogP contribution in [0, 0.1) is 0 Å². The smallest absolute Gasteiger partial charge is 0.408 e. The van der Waals surface area contributed by atoms with Crippen LogP contribution in [0.4, 0.5) is 4.79 Å². The van der Waals surface area contributed by atoms with E-state index in [2.05, 4.69) is 5.32 Å². The van der Waals surface area contributed by atoms with Crippen LogP contribution in [0.5, 0.6) is 0 Å². The van der Waals surface area contributed by atoms with Gasteiger partial charge in [0.15, 0.2) is 0 Å². The van der Waals surface area contributed by atoms with Crippen LogP contribution in [0.3, 0.4) is 0 Å². The highest BCUT2D eigenvalue weighted by atomic mass is 16.6. The van der Waals surface area contributed by atoms with Crippen LogP contribution in [-0.2, 0) is 21.2 Å². The molecule has 7 heteroatoms. The van der Waals surface area contributed by atoms with Gasteiger partial charge in [-0.25, -0.2) is 9.59 Å². The Kier molecular flexibility index (Phi) is 5.93. The lowest BCUT2D eigenvalue weighted by molar-refractivity contribution is -0.298. The zero-order chi connectivity index (χ0) is 19.5. The molecule has 0 bridgehead atoms. The lowest BCUT2D eigenvalue weighted by Gasteiger charge is -2.49. The van der Waals surface area contributed by atoms with Gasteiger partial charge in [0.25, 0.3) is 0 Å². The van der Waals surface area contributed by atoms with Crippen LogP contribution < -0.4 is 5.32 Å². The fourth-order valence-electron chi connectivity index (χ4n) is 3.63. The molecule has 1 amide bonds. The topological polar surface area (TPSA) is 98.8 Å². The highest BCUT2D eigenvalue weighted by Gasteiger charge is 2.47. The summed E-state index contributed by atoms with van der Waals surface area (Å²) in [5.41, 5.74) is -0.520. The molecule has 1 heterocycles. The number of piperidine rings is 1. The summed E-state index contributed by atoms with van der Waals surface area (Å²) in [6.07, 6.45) is -0.268. The average Bonchev–Trinajstić information content (AvgIpc) is 2.52. The maximum atomic E-state index is 12.4. The second-order valence-corrected chi connectivity index (χ2v) is 8.08. The lowest BCUT2D eigenvalue weighted by Crippen LogP contribution is -2.60. The first-order chi connectivity index (χ1) is 12.0. The van der Waals surface area contributed by atoms with Gasteiger partial charge in [-0.1, -0.05) is 30.3 Å². The summed E-state index contributed by atoms with van der Waals surface area (Å²) in [6, 6.07) is 7.99. The molecule has 1 aromatic carbocycles. The van der Waals surface area contributed by atoms with Gasteiger partial charge >= 0.3 is 12.1 Å². The number of nitrogens with zero attached hydrogens (tertiary/aromatic N) is 1. The van der Waals surface area contributed by atoms with Gasteiger partial charge in [-0.2, -0.15) is 0 Å². The van der Waals surface area contributed by atoms with Gasteiger partial charge in [-0.3, -0.25) is 0 Å². The van der Waals surface area contributed by atoms with Crippen LogP contribution in [0.2, 0.25) is 0 Å². The van der Waals surface area contributed by atoms with Gasteiger partial charge in [0, 0.05) is 30.3 Å². The number of ether oxygens (including phenoxy) is 1. The fourth-order valence-corrected chi connectivity index (χ4v) is 3.63. The molecular formula is C19H27N2O5. The second-order valence-electron chi connectivity index (χ2n) is 8.08. The normalized spacial score (nSPS) is 21.0. The van der Waals surface area contributed by atoms with Crippen molar-refractivity contribution in [2.24, 2.45) is 0 Å². The molecule has 26 heavy (non-hydrogen) atoms. The summed E-state index contributed by atoms with van der Waals surface area (Å²) >= 11 is 0. The molecule has 1 fully saturated rings. The van der Waals surface area contributed by atoms with Crippen molar-refractivity contribution in [3.63, 3.8) is 0 Å². The van der Waals surface area contributed by atoms with Gasteiger partial charge < -0.3 is 15.2 Å². The van der Waals surface area contributed by atoms with E-state index >= 15 is 0 Å². The van der Waals surface area contributed by atoms with Crippen LogP contribution in [-0.4, -0.2) is 45.5 Å². The molecule has 1 aliphatic rings. The van der Waals surface area contributed by atoms with E-state index in [1.165, 1.54) is 0 Å². The predicted molar refractivity (Wildman–Crippen MR) is 94.9 cm³/mol. The third kappa shape index (κ3) is 4.95. The number of nitrogens with one attached hydrogen (secondary N) is 1. The van der Waals surface area contributed by atoms with E-state index in [0.717, 1.165) is 10.6 Å². The molecule has 1 aliphatic heterocycles. The molecule has 0 aliphatic carbocycles. The van der Waals surface area contributed by atoms with Crippen molar-refractivity contribution in [3.8, 4) is 0 Å². The first kappa shape index (κ1) is 20.2. The molecule has 2 N–H and O–H groups in total. The van der Waals surface area contributed by atoms with Crippen molar-refractivity contribution in [2.75, 3.05) is 0 Å².